The summed E-state index contributed by atoms with van der Waals surface area (Å²) >= 11 is 8.98. The Hall–Kier alpha value is -2.79. The molecule has 2 atom stereocenters. The third kappa shape index (κ3) is 4.97. The van der Waals surface area contributed by atoms with Gasteiger partial charge in [-0.1, -0.05) is 48.1 Å². The van der Waals surface area contributed by atoms with Crippen LogP contribution in [-0.2, 0) is 17.9 Å². The van der Waals surface area contributed by atoms with Crippen LogP contribution in [0.1, 0.15) is 18.2 Å². The van der Waals surface area contributed by atoms with Crippen molar-refractivity contribution >= 4 is 39.7 Å². The molecule has 0 saturated carbocycles. The molecule has 2 aromatic carbocycles. The standard InChI is InChI=1S/C24H20ClF2N5OS2/c1-15(24(33,12-32-14-28-13-29-32)20-7-6-18(26)8-21(20)27)34-11-19-9-31-10-22(35-23(31)30-19)16-2-4-17(25)5-3-16/h2-10,13-15,33H,11-12H2,1H3/t15-,24-/m1/s1. The molecule has 3 heterocycles. The van der Waals surface area contributed by atoms with Gasteiger partial charge in [0.2, 0.25) is 0 Å². The molecule has 0 bridgehead atoms. The van der Waals surface area contributed by atoms with Gasteiger partial charge in [0.25, 0.3) is 0 Å². The van der Waals surface area contributed by atoms with Crippen molar-refractivity contribution in [2.45, 2.75) is 30.1 Å². The number of nitrogens with zero attached hydrogens (tertiary/aromatic N) is 5. The van der Waals surface area contributed by atoms with E-state index in [-0.39, 0.29) is 12.1 Å². The number of hydrogen-bond acceptors (Lipinski definition) is 6. The molecule has 0 radical (unpaired) electrons. The summed E-state index contributed by atoms with van der Waals surface area (Å²) in [4.78, 5) is 10.5. The first-order valence-electron chi connectivity index (χ1n) is 10.7. The minimum atomic E-state index is -1.66. The summed E-state index contributed by atoms with van der Waals surface area (Å²) in [5, 5.41) is 15.9. The number of imidazole rings is 1. The highest BCUT2D eigenvalue weighted by atomic mass is 35.5. The molecule has 0 aliphatic carbocycles. The summed E-state index contributed by atoms with van der Waals surface area (Å²) in [5.41, 5.74) is 0.245. The van der Waals surface area contributed by atoms with Crippen LogP contribution in [-0.4, -0.2) is 34.5 Å². The molecule has 35 heavy (non-hydrogen) atoms. The van der Waals surface area contributed by atoms with E-state index in [0.717, 1.165) is 33.2 Å². The van der Waals surface area contributed by atoms with Gasteiger partial charge in [0.05, 0.1) is 17.1 Å². The van der Waals surface area contributed by atoms with Gasteiger partial charge < -0.3 is 5.11 Å². The quantitative estimate of drug-likeness (QED) is 0.274. The summed E-state index contributed by atoms with van der Waals surface area (Å²) < 4.78 is 31.7. The van der Waals surface area contributed by atoms with E-state index in [1.165, 1.54) is 35.2 Å². The zero-order valence-corrected chi connectivity index (χ0v) is 20.9. The second-order valence-corrected chi connectivity index (χ2v) is 10.9. The third-order valence-electron chi connectivity index (χ3n) is 5.76. The third-order valence-corrected chi connectivity index (χ3v) is 8.41. The first kappa shape index (κ1) is 23.9. The normalized spacial score (nSPS) is 14.3. The van der Waals surface area contributed by atoms with Gasteiger partial charge >= 0.3 is 0 Å². The van der Waals surface area contributed by atoms with Gasteiger partial charge in [-0.15, -0.1) is 11.8 Å². The number of benzene rings is 2. The van der Waals surface area contributed by atoms with E-state index in [2.05, 4.69) is 10.1 Å². The van der Waals surface area contributed by atoms with Crippen LogP contribution in [0.25, 0.3) is 15.4 Å². The van der Waals surface area contributed by atoms with Gasteiger partial charge in [-0.2, -0.15) is 5.10 Å². The van der Waals surface area contributed by atoms with Crippen LogP contribution in [0.15, 0.2) is 67.5 Å². The Bertz CT molecular complexity index is 1420. The number of thiazole rings is 1. The van der Waals surface area contributed by atoms with Crippen molar-refractivity contribution in [3.63, 3.8) is 0 Å². The predicted molar refractivity (Wildman–Crippen MR) is 135 cm³/mol. The first-order valence-corrected chi connectivity index (χ1v) is 12.9. The van der Waals surface area contributed by atoms with E-state index in [1.807, 2.05) is 41.1 Å². The maximum atomic E-state index is 14.7. The Morgan fingerprint density at radius 1 is 1.17 bits per heavy atom. The van der Waals surface area contributed by atoms with Gasteiger partial charge in [-0.25, -0.2) is 23.4 Å². The van der Waals surface area contributed by atoms with E-state index in [9.17, 15) is 13.9 Å². The summed E-state index contributed by atoms with van der Waals surface area (Å²) in [7, 11) is 0. The fourth-order valence-electron chi connectivity index (χ4n) is 3.84. The lowest BCUT2D eigenvalue weighted by Crippen LogP contribution is -2.41. The molecule has 0 aliphatic rings. The summed E-state index contributed by atoms with van der Waals surface area (Å²) in [6, 6.07) is 10.8. The van der Waals surface area contributed by atoms with Gasteiger partial charge in [0.15, 0.2) is 4.96 Å². The van der Waals surface area contributed by atoms with E-state index < -0.39 is 22.5 Å². The molecule has 5 rings (SSSR count). The first-order chi connectivity index (χ1) is 16.8. The lowest BCUT2D eigenvalue weighted by Gasteiger charge is -2.34. The molecule has 0 saturated heterocycles. The van der Waals surface area contributed by atoms with Crippen LogP contribution < -0.4 is 0 Å². The van der Waals surface area contributed by atoms with E-state index in [1.54, 1.807) is 18.3 Å². The Balaban J connectivity index is 1.35. The minimum Gasteiger partial charge on any atom is -0.382 e. The molecule has 0 unspecified atom stereocenters. The van der Waals surface area contributed by atoms with Crippen molar-refractivity contribution in [1.29, 1.82) is 0 Å². The minimum absolute atomic E-state index is 0.00725. The zero-order chi connectivity index (χ0) is 24.6. The van der Waals surface area contributed by atoms with Crippen molar-refractivity contribution in [2.75, 3.05) is 0 Å². The van der Waals surface area contributed by atoms with Crippen LogP contribution in [0.5, 0.6) is 0 Å². The molecule has 1 N–H and O–H groups in total. The second-order valence-electron chi connectivity index (χ2n) is 8.12. The van der Waals surface area contributed by atoms with Crippen molar-refractivity contribution in [2.24, 2.45) is 0 Å². The molecule has 6 nitrogen and oxygen atoms in total. The van der Waals surface area contributed by atoms with Crippen LogP contribution in [0.3, 0.4) is 0 Å². The van der Waals surface area contributed by atoms with Crippen molar-refractivity contribution in [3.8, 4) is 10.4 Å². The van der Waals surface area contributed by atoms with E-state index in [0.29, 0.717) is 10.8 Å². The van der Waals surface area contributed by atoms with Gasteiger partial charge in [-0.05, 0) is 23.8 Å². The largest absolute Gasteiger partial charge is 0.382 e. The van der Waals surface area contributed by atoms with Crippen molar-refractivity contribution in [1.82, 2.24) is 24.1 Å². The lowest BCUT2D eigenvalue weighted by atomic mass is 9.90. The Morgan fingerprint density at radius 3 is 2.66 bits per heavy atom. The molecular formula is C24H20ClF2N5OS2. The number of hydrogen-bond donors (Lipinski definition) is 1. The van der Waals surface area contributed by atoms with Crippen LogP contribution in [0, 0.1) is 11.6 Å². The molecule has 5 aromatic rings. The average Bonchev–Trinajstić information content (AvgIpc) is 3.55. The Kier molecular flexibility index (Phi) is 6.63. The van der Waals surface area contributed by atoms with E-state index in [4.69, 9.17) is 16.6 Å². The topological polar surface area (TPSA) is 68.2 Å². The maximum Gasteiger partial charge on any atom is 0.194 e. The number of halogens is 3. The van der Waals surface area contributed by atoms with Gasteiger partial charge in [-0.3, -0.25) is 4.40 Å². The molecule has 0 aliphatic heterocycles. The van der Waals surface area contributed by atoms with Crippen LogP contribution in [0.2, 0.25) is 5.02 Å². The van der Waals surface area contributed by atoms with Gasteiger partial charge in [0, 0.05) is 40.0 Å². The lowest BCUT2D eigenvalue weighted by molar-refractivity contribution is 0.0133. The number of aromatic nitrogens is 5. The summed E-state index contributed by atoms with van der Waals surface area (Å²) in [6.45, 7) is 1.77. The van der Waals surface area contributed by atoms with Crippen molar-refractivity contribution in [3.05, 3.63) is 95.4 Å². The van der Waals surface area contributed by atoms with E-state index >= 15 is 0 Å². The smallest absolute Gasteiger partial charge is 0.194 e. The summed E-state index contributed by atoms with van der Waals surface area (Å²) in [6.07, 6.45) is 6.75. The number of thioether (sulfide) groups is 1. The number of aliphatic hydroxyl groups is 1. The Morgan fingerprint density at radius 2 is 1.97 bits per heavy atom. The molecule has 0 amide bonds. The highest BCUT2D eigenvalue weighted by Gasteiger charge is 2.39. The molecule has 180 valence electrons. The monoisotopic (exact) mass is 531 g/mol. The maximum absolute atomic E-state index is 14.7. The highest BCUT2D eigenvalue weighted by Crippen LogP contribution is 2.38. The number of fused-ring (bicyclic) bond motifs is 1. The fourth-order valence-corrected chi connectivity index (χ4v) is 6.00. The average molecular weight is 532 g/mol. The molecule has 11 heteroatoms. The molecule has 3 aromatic heterocycles. The van der Waals surface area contributed by atoms with Crippen molar-refractivity contribution < 1.29 is 13.9 Å². The summed E-state index contributed by atoms with van der Waals surface area (Å²) in [5.74, 6) is -1.02. The molecular weight excluding hydrogens is 512 g/mol. The zero-order valence-electron chi connectivity index (χ0n) is 18.5. The predicted octanol–water partition coefficient (Wildman–Crippen LogP) is 5.80. The second kappa shape index (κ2) is 9.69. The molecule has 0 fully saturated rings. The van der Waals surface area contributed by atoms with Crippen LogP contribution >= 0.6 is 34.7 Å². The van der Waals surface area contributed by atoms with Gasteiger partial charge in [0.1, 0.15) is 29.9 Å². The highest BCUT2D eigenvalue weighted by molar-refractivity contribution is 7.99. The SMILES string of the molecule is C[C@@H](SCc1cn2cc(-c3ccc(Cl)cc3)sc2n1)[C@](O)(Cn1cncn1)c1ccc(F)cc1F. The fraction of sp³-hybridized carbons (Fsp3) is 0.208. The molecule has 0 spiro atoms. The number of rotatable bonds is 8. The van der Waals surface area contributed by atoms with Crippen LogP contribution in [0.4, 0.5) is 8.78 Å². The Labute approximate surface area is 213 Å².